The second kappa shape index (κ2) is 5.42. The molecule has 3 rings (SSSR count). The maximum Gasteiger partial charge on any atom is 0.405 e. The number of hydrogen-bond acceptors (Lipinski definition) is 7. The number of alkyl halides is 3. The van der Waals surface area contributed by atoms with E-state index in [1.54, 1.807) is 0 Å². The number of aromatic amines is 1. The first kappa shape index (κ1) is 14.0. The second-order valence-electron chi connectivity index (χ2n) is 4.18. The average molecular weight is 310 g/mol. The van der Waals surface area contributed by atoms with E-state index in [1.165, 1.54) is 24.9 Å². The summed E-state index contributed by atoms with van der Waals surface area (Å²) in [6.45, 7) is -1.22. The predicted molar refractivity (Wildman–Crippen MR) is 71.5 cm³/mol. The summed E-state index contributed by atoms with van der Waals surface area (Å²) in [4.78, 5) is 22.5. The number of nitrogens with one attached hydrogen (secondary N) is 3. The van der Waals surface area contributed by atoms with Gasteiger partial charge in [-0.2, -0.15) is 23.1 Å². The van der Waals surface area contributed by atoms with E-state index in [1.807, 2.05) is 0 Å². The van der Waals surface area contributed by atoms with Gasteiger partial charge in [0.2, 0.25) is 5.95 Å². The van der Waals surface area contributed by atoms with Crippen LogP contribution in [0.1, 0.15) is 0 Å². The third-order valence-corrected chi connectivity index (χ3v) is 2.54. The Kier molecular flexibility index (Phi) is 3.45. The number of fused-ring (bicyclic) bond motifs is 1. The number of halogens is 3. The molecular formula is C11H9F3N8. The van der Waals surface area contributed by atoms with E-state index in [0.29, 0.717) is 5.82 Å². The molecule has 0 bridgehead atoms. The molecule has 0 amide bonds. The Bertz CT molecular complexity index is 770. The van der Waals surface area contributed by atoms with Gasteiger partial charge in [-0.05, 0) is 0 Å². The lowest BCUT2D eigenvalue weighted by molar-refractivity contribution is -0.115. The largest absolute Gasteiger partial charge is 0.405 e. The maximum atomic E-state index is 12.3. The molecule has 3 aromatic heterocycles. The number of anilines is 3. The molecule has 0 fully saturated rings. The average Bonchev–Trinajstić information content (AvgIpc) is 2.93. The van der Waals surface area contributed by atoms with Crippen LogP contribution < -0.4 is 10.6 Å². The van der Waals surface area contributed by atoms with Gasteiger partial charge in [-0.1, -0.05) is 0 Å². The third kappa shape index (κ3) is 3.19. The summed E-state index contributed by atoms with van der Waals surface area (Å²) in [6, 6.07) is 0. The Hall–Kier alpha value is -2.98. The zero-order valence-electron chi connectivity index (χ0n) is 10.9. The van der Waals surface area contributed by atoms with Crippen LogP contribution in [0.2, 0.25) is 0 Å². The molecule has 3 N–H and O–H groups in total. The van der Waals surface area contributed by atoms with Crippen LogP contribution in [0, 0.1) is 0 Å². The van der Waals surface area contributed by atoms with Crippen LogP contribution >= 0.6 is 0 Å². The van der Waals surface area contributed by atoms with Crippen LogP contribution in [-0.4, -0.2) is 42.6 Å². The predicted octanol–water partition coefficient (Wildman–Crippen LogP) is 1.86. The van der Waals surface area contributed by atoms with E-state index >= 15 is 0 Å². The Morgan fingerprint density at radius 3 is 2.73 bits per heavy atom. The molecule has 0 aliphatic carbocycles. The molecule has 0 atom stereocenters. The van der Waals surface area contributed by atoms with Gasteiger partial charge in [0.05, 0.1) is 12.5 Å². The minimum absolute atomic E-state index is 0.00813. The molecular weight excluding hydrogens is 301 g/mol. The molecule has 3 aromatic rings. The van der Waals surface area contributed by atoms with E-state index < -0.39 is 12.7 Å². The highest BCUT2D eigenvalue weighted by Crippen LogP contribution is 2.22. The van der Waals surface area contributed by atoms with Crippen molar-refractivity contribution in [3.8, 4) is 0 Å². The fourth-order valence-electron chi connectivity index (χ4n) is 1.68. The fourth-order valence-corrected chi connectivity index (χ4v) is 1.68. The second-order valence-corrected chi connectivity index (χ2v) is 4.18. The highest BCUT2D eigenvalue weighted by atomic mass is 19.4. The molecule has 114 valence electrons. The zero-order chi connectivity index (χ0) is 15.6. The Balaban J connectivity index is 1.91. The van der Waals surface area contributed by atoms with Crippen molar-refractivity contribution < 1.29 is 13.2 Å². The van der Waals surface area contributed by atoms with E-state index in [4.69, 9.17) is 0 Å². The van der Waals surface area contributed by atoms with Gasteiger partial charge in [0.25, 0.3) is 0 Å². The fraction of sp³-hybridized carbons (Fsp3) is 0.182. The standard InChI is InChI=1S/C11H9F3N8/c12-11(13,14)4-17-8-7-9(19-5-18-7)22-10(21-8)20-6-3-15-1-2-16-6/h1-3,5H,4H2,(H3,16,17,18,19,20,21,22). The van der Waals surface area contributed by atoms with Gasteiger partial charge < -0.3 is 15.6 Å². The third-order valence-electron chi connectivity index (χ3n) is 2.54. The van der Waals surface area contributed by atoms with Crippen LogP contribution in [-0.2, 0) is 0 Å². The summed E-state index contributed by atoms with van der Waals surface area (Å²) in [5.74, 6) is 0.412. The first-order valence-electron chi connectivity index (χ1n) is 6.06. The normalized spacial score (nSPS) is 11.6. The molecule has 11 heteroatoms. The van der Waals surface area contributed by atoms with Crippen LogP contribution in [0.25, 0.3) is 11.2 Å². The molecule has 0 radical (unpaired) electrons. The van der Waals surface area contributed by atoms with Crippen molar-refractivity contribution in [1.82, 2.24) is 29.9 Å². The molecule has 22 heavy (non-hydrogen) atoms. The van der Waals surface area contributed by atoms with Crippen LogP contribution in [0.4, 0.5) is 30.8 Å². The molecule has 0 unspecified atom stereocenters. The number of nitrogens with zero attached hydrogens (tertiary/aromatic N) is 5. The van der Waals surface area contributed by atoms with Gasteiger partial charge in [0.1, 0.15) is 12.1 Å². The SMILES string of the molecule is FC(F)(F)CNc1nc(Nc2cnccn2)nc2nc[nH]c12. The summed E-state index contributed by atoms with van der Waals surface area (Å²) in [6.07, 6.45) is 1.33. The topological polar surface area (TPSA) is 104 Å². The molecule has 0 spiro atoms. The minimum atomic E-state index is -4.37. The molecule has 0 aliphatic rings. The lowest BCUT2D eigenvalue weighted by Gasteiger charge is -2.10. The summed E-state index contributed by atoms with van der Waals surface area (Å²) in [5.41, 5.74) is 0.514. The number of imidazole rings is 1. The zero-order valence-corrected chi connectivity index (χ0v) is 10.9. The molecule has 0 aliphatic heterocycles. The van der Waals surface area contributed by atoms with E-state index in [0.717, 1.165) is 0 Å². The summed E-state index contributed by atoms with van der Waals surface area (Å²) < 4.78 is 37.0. The van der Waals surface area contributed by atoms with Crippen LogP contribution in [0.5, 0.6) is 0 Å². The highest BCUT2D eigenvalue weighted by molar-refractivity contribution is 5.84. The smallest absolute Gasteiger partial charge is 0.359 e. The summed E-state index contributed by atoms with van der Waals surface area (Å²) in [5, 5.41) is 4.97. The molecule has 3 heterocycles. The molecule has 0 saturated heterocycles. The van der Waals surface area contributed by atoms with Gasteiger partial charge in [-0.3, -0.25) is 4.98 Å². The number of rotatable bonds is 4. The quantitative estimate of drug-likeness (QED) is 0.675. The van der Waals surface area contributed by atoms with Crippen molar-refractivity contribution in [3.63, 3.8) is 0 Å². The number of aromatic nitrogens is 6. The first-order chi connectivity index (χ1) is 10.5. The maximum absolute atomic E-state index is 12.3. The number of H-pyrrole nitrogens is 1. The molecule has 0 aromatic carbocycles. The minimum Gasteiger partial charge on any atom is -0.359 e. The van der Waals surface area contributed by atoms with Gasteiger partial charge in [0.15, 0.2) is 17.3 Å². The lowest BCUT2D eigenvalue weighted by Crippen LogP contribution is -2.22. The van der Waals surface area contributed by atoms with E-state index in [2.05, 4.69) is 40.5 Å². The van der Waals surface area contributed by atoms with Crippen molar-refractivity contribution in [3.05, 3.63) is 24.9 Å². The van der Waals surface area contributed by atoms with Crippen LogP contribution in [0.3, 0.4) is 0 Å². The van der Waals surface area contributed by atoms with Crippen molar-refractivity contribution in [1.29, 1.82) is 0 Å². The van der Waals surface area contributed by atoms with Gasteiger partial charge >= 0.3 is 6.18 Å². The van der Waals surface area contributed by atoms with Crippen molar-refractivity contribution in [2.75, 3.05) is 17.2 Å². The van der Waals surface area contributed by atoms with Gasteiger partial charge in [-0.15, -0.1) is 0 Å². The molecule has 8 nitrogen and oxygen atoms in total. The van der Waals surface area contributed by atoms with Crippen LogP contribution in [0.15, 0.2) is 24.9 Å². The van der Waals surface area contributed by atoms with Crippen molar-refractivity contribution >= 4 is 28.7 Å². The van der Waals surface area contributed by atoms with E-state index in [9.17, 15) is 13.2 Å². The van der Waals surface area contributed by atoms with Gasteiger partial charge in [-0.25, -0.2) is 9.97 Å². The lowest BCUT2D eigenvalue weighted by atomic mass is 10.4. The van der Waals surface area contributed by atoms with Crippen molar-refractivity contribution in [2.45, 2.75) is 6.18 Å². The van der Waals surface area contributed by atoms with Crippen molar-refractivity contribution in [2.24, 2.45) is 0 Å². The van der Waals surface area contributed by atoms with E-state index in [-0.39, 0.29) is 22.9 Å². The van der Waals surface area contributed by atoms with Gasteiger partial charge in [0, 0.05) is 12.4 Å². The summed E-state index contributed by atoms with van der Waals surface area (Å²) >= 11 is 0. The Morgan fingerprint density at radius 1 is 1.14 bits per heavy atom. The number of hydrogen-bond donors (Lipinski definition) is 3. The first-order valence-corrected chi connectivity index (χ1v) is 6.06. The molecule has 0 saturated carbocycles. The highest BCUT2D eigenvalue weighted by Gasteiger charge is 2.27. The Morgan fingerprint density at radius 2 is 2.00 bits per heavy atom. The summed E-state index contributed by atoms with van der Waals surface area (Å²) in [7, 11) is 0. The Labute approximate surface area is 121 Å². The monoisotopic (exact) mass is 310 g/mol.